The van der Waals surface area contributed by atoms with Crippen molar-refractivity contribution in [2.45, 2.75) is 39.5 Å². The van der Waals surface area contributed by atoms with Crippen LogP contribution in [0.2, 0.25) is 0 Å². The lowest BCUT2D eigenvalue weighted by Gasteiger charge is -2.08. The highest BCUT2D eigenvalue weighted by Gasteiger charge is 2.12. The Morgan fingerprint density at radius 1 is 0.857 bits per heavy atom. The molecule has 0 N–H and O–H groups in total. The molecule has 21 heavy (non-hydrogen) atoms. The molecule has 0 aliphatic heterocycles. The molecular weight excluding hydrogens is 280 g/mol. The van der Waals surface area contributed by atoms with E-state index in [1.165, 1.54) is 11.1 Å². The van der Waals surface area contributed by atoms with E-state index in [1.807, 2.05) is 26.0 Å². The molecule has 114 valence electrons. The Kier molecular flexibility index (Phi) is 6.16. The van der Waals surface area contributed by atoms with Crippen molar-refractivity contribution >= 4 is 9.84 Å². The summed E-state index contributed by atoms with van der Waals surface area (Å²) in [4.78, 5) is 0.394. The summed E-state index contributed by atoms with van der Waals surface area (Å²) in [5.41, 5.74) is 4.44. The number of aryl methyl sites for hydroxylation is 2. The summed E-state index contributed by atoms with van der Waals surface area (Å²) in [5.74, 6) is 0.128. The van der Waals surface area contributed by atoms with Crippen LogP contribution in [-0.4, -0.2) is 14.2 Å². The third kappa shape index (κ3) is 4.18. The van der Waals surface area contributed by atoms with Crippen LogP contribution in [0.4, 0.5) is 0 Å². The van der Waals surface area contributed by atoms with E-state index in [1.54, 1.807) is 25.1 Å². The smallest absolute Gasteiger partial charge is 0.178 e. The fraction of sp³-hybridized carbons (Fsp3) is 0.333. The van der Waals surface area contributed by atoms with Crippen LogP contribution in [0.1, 0.15) is 31.9 Å². The average molecular weight is 304 g/mol. The molecular formula is C18H24O2S. The van der Waals surface area contributed by atoms with E-state index in [2.05, 4.69) is 26.0 Å². The first-order valence-corrected chi connectivity index (χ1v) is 8.99. The van der Waals surface area contributed by atoms with Gasteiger partial charge < -0.3 is 0 Å². The minimum atomic E-state index is -3.15. The second-order valence-corrected chi connectivity index (χ2v) is 7.01. The van der Waals surface area contributed by atoms with Gasteiger partial charge in [0.05, 0.1) is 10.6 Å². The highest BCUT2D eigenvalue weighted by molar-refractivity contribution is 7.91. The first-order chi connectivity index (χ1) is 9.94. The standard InChI is InChI=1S/C16H18O2S.C2H6/c1-4-19(17,18)16-7-5-6-14(11-16)15-9-8-12(2)13(3)10-15;1-2/h5-11H,4H2,1-3H3;1-2H3. The van der Waals surface area contributed by atoms with Gasteiger partial charge in [-0.15, -0.1) is 0 Å². The van der Waals surface area contributed by atoms with E-state index >= 15 is 0 Å². The van der Waals surface area contributed by atoms with Crippen molar-refractivity contribution in [1.29, 1.82) is 0 Å². The molecule has 2 rings (SSSR count). The Hall–Kier alpha value is -1.61. The maximum atomic E-state index is 11.9. The minimum Gasteiger partial charge on any atom is -0.224 e. The number of hydrogen-bond donors (Lipinski definition) is 0. The van der Waals surface area contributed by atoms with Crippen LogP contribution < -0.4 is 0 Å². The molecule has 0 fully saturated rings. The van der Waals surface area contributed by atoms with Crippen molar-refractivity contribution in [3.05, 3.63) is 53.6 Å². The van der Waals surface area contributed by atoms with E-state index < -0.39 is 9.84 Å². The van der Waals surface area contributed by atoms with E-state index in [9.17, 15) is 8.42 Å². The van der Waals surface area contributed by atoms with Gasteiger partial charge in [0.15, 0.2) is 9.84 Å². The topological polar surface area (TPSA) is 34.1 Å². The second-order valence-electron chi connectivity index (χ2n) is 4.73. The molecule has 0 aliphatic rings. The van der Waals surface area contributed by atoms with Crippen LogP contribution in [0, 0.1) is 13.8 Å². The van der Waals surface area contributed by atoms with Gasteiger partial charge in [-0.1, -0.05) is 51.1 Å². The van der Waals surface area contributed by atoms with Crippen LogP contribution in [0.25, 0.3) is 11.1 Å². The fourth-order valence-corrected chi connectivity index (χ4v) is 2.88. The van der Waals surface area contributed by atoms with Gasteiger partial charge in [0, 0.05) is 0 Å². The summed E-state index contributed by atoms with van der Waals surface area (Å²) in [6, 6.07) is 13.3. The summed E-state index contributed by atoms with van der Waals surface area (Å²) in [6.07, 6.45) is 0. The van der Waals surface area contributed by atoms with Gasteiger partial charge >= 0.3 is 0 Å². The van der Waals surface area contributed by atoms with Gasteiger partial charge in [0.25, 0.3) is 0 Å². The van der Waals surface area contributed by atoms with Gasteiger partial charge in [-0.2, -0.15) is 0 Å². The van der Waals surface area contributed by atoms with Crippen molar-refractivity contribution in [3.63, 3.8) is 0 Å². The van der Waals surface area contributed by atoms with E-state index in [0.717, 1.165) is 11.1 Å². The lowest BCUT2D eigenvalue weighted by atomic mass is 10.0. The zero-order valence-corrected chi connectivity index (χ0v) is 14.3. The average Bonchev–Trinajstić information content (AvgIpc) is 2.52. The first kappa shape index (κ1) is 17.4. The number of benzene rings is 2. The SMILES string of the molecule is CC.CCS(=O)(=O)c1cccc(-c2ccc(C)c(C)c2)c1. The molecule has 2 aromatic rings. The zero-order chi connectivity index (χ0) is 16.0. The molecule has 0 unspecified atom stereocenters. The monoisotopic (exact) mass is 304 g/mol. The first-order valence-electron chi connectivity index (χ1n) is 7.34. The third-order valence-electron chi connectivity index (χ3n) is 3.41. The van der Waals surface area contributed by atoms with Crippen LogP contribution in [-0.2, 0) is 9.84 Å². The number of sulfone groups is 1. The molecule has 0 heterocycles. The van der Waals surface area contributed by atoms with Crippen LogP contribution in [0.5, 0.6) is 0 Å². The van der Waals surface area contributed by atoms with Crippen LogP contribution in [0.15, 0.2) is 47.4 Å². The van der Waals surface area contributed by atoms with Crippen molar-refractivity contribution < 1.29 is 8.42 Å². The summed E-state index contributed by atoms with van der Waals surface area (Å²) in [7, 11) is -3.15. The molecule has 0 radical (unpaired) electrons. The molecule has 0 amide bonds. The molecule has 0 aromatic heterocycles. The fourth-order valence-electron chi connectivity index (χ4n) is 1.96. The van der Waals surface area contributed by atoms with E-state index in [4.69, 9.17) is 0 Å². The molecule has 0 atom stereocenters. The van der Waals surface area contributed by atoms with Gasteiger partial charge in [0.1, 0.15) is 0 Å². The highest BCUT2D eigenvalue weighted by Crippen LogP contribution is 2.25. The summed E-state index contributed by atoms with van der Waals surface area (Å²) in [6.45, 7) is 9.79. The maximum absolute atomic E-state index is 11.9. The molecule has 0 saturated heterocycles. The summed E-state index contributed by atoms with van der Waals surface area (Å²) < 4.78 is 23.8. The Bertz CT molecular complexity index is 701. The highest BCUT2D eigenvalue weighted by atomic mass is 32.2. The van der Waals surface area contributed by atoms with Crippen molar-refractivity contribution in [1.82, 2.24) is 0 Å². The predicted molar refractivity (Wildman–Crippen MR) is 90.4 cm³/mol. The molecule has 0 bridgehead atoms. The van der Waals surface area contributed by atoms with Crippen molar-refractivity contribution in [3.8, 4) is 11.1 Å². The quantitative estimate of drug-likeness (QED) is 0.817. The van der Waals surface area contributed by atoms with Gasteiger partial charge in [0.2, 0.25) is 0 Å². The summed E-state index contributed by atoms with van der Waals surface area (Å²) in [5, 5.41) is 0. The Balaban J connectivity index is 0.00000106. The van der Waals surface area contributed by atoms with Gasteiger partial charge in [-0.05, 0) is 48.2 Å². The normalized spacial score (nSPS) is 10.7. The molecule has 0 aliphatic carbocycles. The van der Waals surface area contributed by atoms with Crippen molar-refractivity contribution in [2.24, 2.45) is 0 Å². The molecule has 2 nitrogen and oxygen atoms in total. The molecule has 0 spiro atoms. The van der Waals surface area contributed by atoms with Gasteiger partial charge in [-0.25, -0.2) is 8.42 Å². The van der Waals surface area contributed by atoms with E-state index in [-0.39, 0.29) is 5.75 Å². The Morgan fingerprint density at radius 3 is 2.05 bits per heavy atom. The predicted octanol–water partition coefficient (Wildman–Crippen LogP) is 4.79. The lowest BCUT2D eigenvalue weighted by Crippen LogP contribution is -2.03. The van der Waals surface area contributed by atoms with Crippen molar-refractivity contribution in [2.75, 3.05) is 5.75 Å². The van der Waals surface area contributed by atoms with Crippen LogP contribution >= 0.6 is 0 Å². The largest absolute Gasteiger partial charge is 0.224 e. The maximum Gasteiger partial charge on any atom is 0.178 e. The zero-order valence-electron chi connectivity index (χ0n) is 13.5. The number of rotatable bonds is 3. The third-order valence-corrected chi connectivity index (χ3v) is 5.15. The van der Waals surface area contributed by atoms with E-state index in [0.29, 0.717) is 4.90 Å². The summed E-state index contributed by atoms with van der Waals surface area (Å²) >= 11 is 0. The van der Waals surface area contributed by atoms with Crippen LogP contribution in [0.3, 0.4) is 0 Å². The second kappa shape index (κ2) is 7.41. The number of hydrogen-bond acceptors (Lipinski definition) is 2. The lowest BCUT2D eigenvalue weighted by molar-refractivity contribution is 0.597. The molecule has 2 aromatic carbocycles. The molecule has 0 saturated carbocycles. The van der Waals surface area contributed by atoms with Gasteiger partial charge in [-0.3, -0.25) is 0 Å². The molecule has 3 heteroatoms. The Labute approximate surface area is 128 Å². The Morgan fingerprint density at radius 2 is 1.48 bits per heavy atom. The minimum absolute atomic E-state index is 0.128.